The number of cyclic esters (lactones) is 1. The molecule has 0 unspecified atom stereocenters. The van der Waals surface area contributed by atoms with Gasteiger partial charge < -0.3 is 10.1 Å². The fourth-order valence-electron chi connectivity index (χ4n) is 3.70. The van der Waals surface area contributed by atoms with Crippen molar-refractivity contribution in [1.29, 1.82) is 0 Å². The average Bonchev–Trinajstić information content (AvgIpc) is 3.42. The van der Waals surface area contributed by atoms with Crippen molar-refractivity contribution in [3.05, 3.63) is 78.0 Å². The summed E-state index contributed by atoms with van der Waals surface area (Å²) >= 11 is 0. The number of aromatic amines is 1. The number of allylic oxidation sites excluding steroid dienone is 1. The molecule has 0 aliphatic carbocycles. The Kier molecular flexibility index (Phi) is 6.49. The van der Waals surface area contributed by atoms with E-state index in [0.29, 0.717) is 24.3 Å². The Morgan fingerprint density at radius 2 is 2.09 bits per heavy atom. The molecule has 0 bridgehead atoms. The van der Waals surface area contributed by atoms with Crippen molar-refractivity contribution in [2.75, 3.05) is 18.0 Å². The van der Waals surface area contributed by atoms with Gasteiger partial charge >= 0.3 is 6.09 Å². The number of nitrogens with zero attached hydrogens (tertiary/aromatic N) is 3. The second-order valence-corrected chi connectivity index (χ2v) is 7.95. The van der Waals surface area contributed by atoms with Crippen LogP contribution in [0, 0.1) is 5.82 Å². The lowest BCUT2D eigenvalue weighted by atomic mass is 10.0. The van der Waals surface area contributed by atoms with Crippen LogP contribution in [0.4, 0.5) is 14.9 Å². The summed E-state index contributed by atoms with van der Waals surface area (Å²) < 4.78 is 20.3. The van der Waals surface area contributed by atoms with Gasteiger partial charge in [0, 0.05) is 11.3 Å². The van der Waals surface area contributed by atoms with E-state index in [1.165, 1.54) is 16.5 Å². The van der Waals surface area contributed by atoms with Crippen LogP contribution in [0.3, 0.4) is 0 Å². The zero-order valence-electron chi connectivity index (χ0n) is 18.0. The molecule has 32 heavy (non-hydrogen) atoms. The van der Waals surface area contributed by atoms with Gasteiger partial charge in [-0.3, -0.25) is 4.90 Å². The second kappa shape index (κ2) is 9.64. The number of nitrogens with one attached hydrogen (secondary N) is 2. The molecular formula is C24H26FN5O2. The van der Waals surface area contributed by atoms with E-state index in [-0.39, 0.29) is 11.9 Å². The molecule has 2 N–H and O–H groups in total. The van der Waals surface area contributed by atoms with Gasteiger partial charge in [0.05, 0.1) is 30.7 Å². The molecule has 1 amide bonds. The molecule has 0 spiro atoms. The number of amides is 1. The van der Waals surface area contributed by atoms with E-state index < -0.39 is 6.09 Å². The molecule has 0 radical (unpaired) electrons. The van der Waals surface area contributed by atoms with Crippen molar-refractivity contribution in [2.24, 2.45) is 0 Å². The molecule has 1 atom stereocenters. The third-order valence-corrected chi connectivity index (χ3v) is 5.40. The van der Waals surface area contributed by atoms with Crippen molar-refractivity contribution in [3.63, 3.8) is 0 Å². The lowest BCUT2D eigenvalue weighted by Gasteiger charge is -2.15. The van der Waals surface area contributed by atoms with E-state index >= 15 is 0 Å². The van der Waals surface area contributed by atoms with Crippen LogP contribution < -0.4 is 10.2 Å². The van der Waals surface area contributed by atoms with Crippen molar-refractivity contribution in [3.8, 4) is 11.1 Å². The Hall–Kier alpha value is -3.68. The van der Waals surface area contributed by atoms with Gasteiger partial charge in [0.1, 0.15) is 11.9 Å². The first-order chi connectivity index (χ1) is 15.5. The predicted octanol–water partition coefficient (Wildman–Crippen LogP) is 4.23. The molecule has 2 aromatic carbocycles. The summed E-state index contributed by atoms with van der Waals surface area (Å²) in [4.78, 5) is 13.7. The van der Waals surface area contributed by atoms with Gasteiger partial charge in [-0.05, 0) is 55.5 Å². The van der Waals surface area contributed by atoms with Crippen LogP contribution >= 0.6 is 0 Å². The van der Waals surface area contributed by atoms with Crippen molar-refractivity contribution < 1.29 is 13.9 Å². The van der Waals surface area contributed by atoms with E-state index in [0.717, 1.165) is 36.2 Å². The van der Waals surface area contributed by atoms with Gasteiger partial charge in [0.25, 0.3) is 0 Å². The van der Waals surface area contributed by atoms with Gasteiger partial charge in [0.2, 0.25) is 0 Å². The Morgan fingerprint density at radius 3 is 2.78 bits per heavy atom. The maximum atomic E-state index is 14.9. The third kappa shape index (κ3) is 5.14. The van der Waals surface area contributed by atoms with Crippen LogP contribution in [0.1, 0.15) is 24.6 Å². The van der Waals surface area contributed by atoms with Crippen molar-refractivity contribution in [1.82, 2.24) is 20.7 Å². The lowest BCUT2D eigenvalue weighted by molar-refractivity contribution is 0.141. The average molecular weight is 436 g/mol. The molecule has 7 nitrogen and oxygen atoms in total. The first kappa shape index (κ1) is 21.5. The van der Waals surface area contributed by atoms with Crippen LogP contribution in [0.25, 0.3) is 11.1 Å². The minimum absolute atomic E-state index is 0.307. The summed E-state index contributed by atoms with van der Waals surface area (Å²) in [6.45, 7) is 6.45. The van der Waals surface area contributed by atoms with Crippen molar-refractivity contribution in [2.45, 2.75) is 32.3 Å². The fraction of sp³-hybridized carbons (Fsp3) is 0.292. The molecule has 2 heterocycles. The van der Waals surface area contributed by atoms with Crippen LogP contribution in [0.15, 0.2) is 60.9 Å². The number of aryl methyl sites for hydroxylation is 2. The number of rotatable bonds is 9. The number of benzene rings is 2. The van der Waals surface area contributed by atoms with Crippen LogP contribution in [-0.4, -0.2) is 40.7 Å². The predicted molar refractivity (Wildman–Crippen MR) is 121 cm³/mol. The Bertz CT molecular complexity index is 1080. The first-order valence-electron chi connectivity index (χ1n) is 10.6. The molecule has 1 aromatic heterocycles. The molecule has 3 aromatic rings. The van der Waals surface area contributed by atoms with Gasteiger partial charge in [0.15, 0.2) is 0 Å². The normalized spacial score (nSPS) is 15.6. The SMILES string of the molecule is C=C(C)NC[C@H]1CN(c2ccc(-c3ccc(CCCc4cn[nH]n4)cc3)c(F)c2)C(=O)O1. The fourth-order valence-corrected chi connectivity index (χ4v) is 3.70. The van der Waals surface area contributed by atoms with Crippen LogP contribution in [0.2, 0.25) is 0 Å². The molecular weight excluding hydrogens is 409 g/mol. The monoisotopic (exact) mass is 435 g/mol. The van der Waals surface area contributed by atoms with Crippen LogP contribution in [-0.2, 0) is 17.6 Å². The quantitative estimate of drug-likeness (QED) is 0.525. The van der Waals surface area contributed by atoms with E-state index in [2.05, 4.69) is 27.3 Å². The van der Waals surface area contributed by atoms with Gasteiger partial charge in [-0.1, -0.05) is 30.8 Å². The van der Waals surface area contributed by atoms with Crippen LogP contribution in [0.5, 0.6) is 0 Å². The Morgan fingerprint density at radius 1 is 1.28 bits per heavy atom. The van der Waals surface area contributed by atoms with E-state index in [9.17, 15) is 9.18 Å². The smallest absolute Gasteiger partial charge is 0.414 e. The van der Waals surface area contributed by atoms with Crippen molar-refractivity contribution >= 4 is 11.8 Å². The van der Waals surface area contributed by atoms with Gasteiger partial charge in [-0.2, -0.15) is 15.4 Å². The molecule has 1 aliphatic heterocycles. The molecule has 1 aliphatic rings. The minimum Gasteiger partial charge on any atom is -0.442 e. The molecule has 0 saturated carbocycles. The number of anilines is 1. The zero-order chi connectivity index (χ0) is 22.5. The van der Waals surface area contributed by atoms with Gasteiger partial charge in [-0.15, -0.1) is 0 Å². The maximum Gasteiger partial charge on any atom is 0.414 e. The summed E-state index contributed by atoms with van der Waals surface area (Å²) in [5.74, 6) is -0.377. The van der Waals surface area contributed by atoms with Gasteiger partial charge in [-0.25, -0.2) is 9.18 Å². The summed E-state index contributed by atoms with van der Waals surface area (Å²) in [6.07, 6.45) is 3.68. The lowest BCUT2D eigenvalue weighted by Crippen LogP contribution is -2.30. The largest absolute Gasteiger partial charge is 0.442 e. The van der Waals surface area contributed by atoms with E-state index in [1.807, 2.05) is 31.2 Å². The number of halogens is 1. The number of carbonyl (C=O) groups is 1. The molecule has 4 rings (SSSR count). The second-order valence-electron chi connectivity index (χ2n) is 7.95. The standard InChI is InChI=1S/C24H26FN5O2/c1-16(2)26-14-21-15-30(24(31)32-21)20-10-11-22(23(25)12-20)18-8-6-17(7-9-18)4-3-5-19-13-27-29-28-19/h6-13,21,26H,1,3-5,14-15H2,2H3,(H,27,28,29)/t21-/m0/s1. The summed E-state index contributed by atoms with van der Waals surface area (Å²) in [5, 5.41) is 13.5. The molecule has 8 heteroatoms. The number of hydrogen-bond acceptors (Lipinski definition) is 5. The number of carbonyl (C=O) groups excluding carboxylic acids is 1. The zero-order valence-corrected chi connectivity index (χ0v) is 18.0. The minimum atomic E-state index is -0.472. The highest BCUT2D eigenvalue weighted by molar-refractivity contribution is 5.90. The number of ether oxygens (including phenoxy) is 1. The molecule has 1 saturated heterocycles. The number of aromatic nitrogens is 3. The third-order valence-electron chi connectivity index (χ3n) is 5.40. The number of hydrogen-bond donors (Lipinski definition) is 2. The van der Waals surface area contributed by atoms with E-state index in [1.54, 1.807) is 18.3 Å². The maximum absolute atomic E-state index is 14.9. The topological polar surface area (TPSA) is 83.1 Å². The van der Waals surface area contributed by atoms with E-state index in [4.69, 9.17) is 4.74 Å². The highest BCUT2D eigenvalue weighted by atomic mass is 19.1. The summed E-state index contributed by atoms with van der Waals surface area (Å²) in [6, 6.07) is 12.7. The Balaban J connectivity index is 1.38. The number of H-pyrrole nitrogens is 1. The first-order valence-corrected chi connectivity index (χ1v) is 10.6. The molecule has 166 valence electrons. The highest BCUT2D eigenvalue weighted by Gasteiger charge is 2.32. The summed E-state index contributed by atoms with van der Waals surface area (Å²) in [7, 11) is 0. The summed E-state index contributed by atoms with van der Waals surface area (Å²) in [5.41, 5.74) is 4.71. The Labute approximate surface area is 186 Å². The highest BCUT2D eigenvalue weighted by Crippen LogP contribution is 2.29. The molecule has 1 fully saturated rings.